The van der Waals surface area contributed by atoms with E-state index in [2.05, 4.69) is 19.9 Å². The van der Waals surface area contributed by atoms with E-state index in [1.165, 1.54) is 17.1 Å². The molecule has 1 fully saturated rings. The summed E-state index contributed by atoms with van der Waals surface area (Å²) in [6, 6.07) is 8.74. The van der Waals surface area contributed by atoms with Gasteiger partial charge in [0.1, 0.15) is 4.90 Å². The molecule has 11 nitrogen and oxygen atoms in total. The summed E-state index contributed by atoms with van der Waals surface area (Å²) in [7, 11) is -0.396. The van der Waals surface area contributed by atoms with Gasteiger partial charge in [-0.25, -0.2) is 22.9 Å². The van der Waals surface area contributed by atoms with E-state index in [0.717, 1.165) is 5.39 Å². The highest BCUT2D eigenvalue weighted by molar-refractivity contribution is 7.92. The molecule has 2 amide bonds. The minimum Gasteiger partial charge on any atom is -0.323 e. The lowest BCUT2D eigenvalue weighted by Gasteiger charge is -2.16. The van der Waals surface area contributed by atoms with E-state index < -0.39 is 10.0 Å². The van der Waals surface area contributed by atoms with Crippen molar-refractivity contribution in [1.29, 1.82) is 0 Å². The Morgan fingerprint density at radius 2 is 1.94 bits per heavy atom. The molecule has 1 aromatic carbocycles. The number of fused-ring (bicyclic) bond motifs is 1. The van der Waals surface area contributed by atoms with Gasteiger partial charge in [0.2, 0.25) is 0 Å². The van der Waals surface area contributed by atoms with Crippen molar-refractivity contribution < 1.29 is 13.2 Å². The molecular weight excluding hydrogens is 444 g/mol. The number of amides is 2. The maximum atomic E-state index is 13.0. The van der Waals surface area contributed by atoms with Crippen molar-refractivity contribution in [3.63, 3.8) is 0 Å². The molecule has 1 saturated heterocycles. The third kappa shape index (κ3) is 3.57. The number of likely N-dealkylation sites (N-methyl/N-ethyl adjacent to an activating group) is 1. The van der Waals surface area contributed by atoms with Crippen LogP contribution in [0.15, 0.2) is 60.0 Å². The molecule has 1 N–H and O–H groups in total. The molecule has 4 aromatic rings. The van der Waals surface area contributed by atoms with Crippen LogP contribution in [-0.4, -0.2) is 63.5 Å². The van der Waals surface area contributed by atoms with Crippen LogP contribution < -0.4 is 9.62 Å². The third-order valence-corrected chi connectivity index (χ3v) is 7.11. The zero-order valence-electron chi connectivity index (χ0n) is 18.2. The van der Waals surface area contributed by atoms with Crippen LogP contribution in [0.25, 0.3) is 16.7 Å². The molecule has 0 bridgehead atoms. The van der Waals surface area contributed by atoms with Crippen molar-refractivity contribution in [1.82, 2.24) is 29.4 Å². The molecule has 0 aliphatic carbocycles. The van der Waals surface area contributed by atoms with Crippen molar-refractivity contribution in [2.24, 2.45) is 7.05 Å². The molecule has 0 unspecified atom stereocenters. The zero-order chi connectivity index (χ0) is 23.3. The summed E-state index contributed by atoms with van der Waals surface area (Å²) in [5.41, 5.74) is 1.77. The van der Waals surface area contributed by atoms with Crippen LogP contribution in [0, 0.1) is 0 Å². The van der Waals surface area contributed by atoms with Crippen LogP contribution in [-0.2, 0) is 17.1 Å². The van der Waals surface area contributed by atoms with E-state index in [1.54, 1.807) is 65.2 Å². The Hall–Kier alpha value is -3.93. The number of urea groups is 1. The zero-order valence-corrected chi connectivity index (χ0v) is 19.1. The summed E-state index contributed by atoms with van der Waals surface area (Å²) < 4.78 is 31.7. The van der Waals surface area contributed by atoms with Gasteiger partial charge in [0.25, 0.3) is 10.0 Å². The Bertz CT molecular complexity index is 1480. The van der Waals surface area contributed by atoms with E-state index in [9.17, 15) is 13.2 Å². The first-order valence-corrected chi connectivity index (χ1v) is 11.7. The molecule has 1 aliphatic rings. The van der Waals surface area contributed by atoms with Crippen LogP contribution in [0.5, 0.6) is 0 Å². The molecule has 3 aromatic heterocycles. The summed E-state index contributed by atoms with van der Waals surface area (Å²) in [5, 5.41) is 9.19. The average Bonchev–Trinajstić information content (AvgIpc) is 3.50. The SMILES string of the molecule is C[C@@H]1CN(c2ccnc(-n3cc(S(=O)(=O)Nc4cccc5cnn(C)c45)cn3)c2)C(=O)N1C. The Kier molecular flexibility index (Phi) is 4.81. The van der Waals surface area contributed by atoms with Crippen molar-refractivity contribution in [2.75, 3.05) is 23.2 Å². The average molecular weight is 467 g/mol. The summed E-state index contributed by atoms with van der Waals surface area (Å²) in [4.78, 5) is 20.1. The lowest BCUT2D eigenvalue weighted by molar-refractivity contribution is 0.221. The number of pyridine rings is 1. The second-order valence-corrected chi connectivity index (χ2v) is 9.65. The Morgan fingerprint density at radius 3 is 2.70 bits per heavy atom. The molecule has 0 saturated carbocycles. The van der Waals surface area contributed by atoms with E-state index in [0.29, 0.717) is 29.3 Å². The maximum Gasteiger partial charge on any atom is 0.324 e. The van der Waals surface area contributed by atoms with Crippen molar-refractivity contribution >= 4 is 38.3 Å². The summed E-state index contributed by atoms with van der Waals surface area (Å²) >= 11 is 0. The monoisotopic (exact) mass is 466 g/mol. The number of nitrogens with one attached hydrogen (secondary N) is 1. The highest BCUT2D eigenvalue weighted by Crippen LogP contribution is 2.26. The normalized spacial score (nSPS) is 16.7. The molecular formula is C21H22N8O3S. The van der Waals surface area contributed by atoms with Gasteiger partial charge in [-0.15, -0.1) is 0 Å². The Balaban J connectivity index is 1.43. The van der Waals surface area contributed by atoms with Crippen molar-refractivity contribution in [2.45, 2.75) is 17.9 Å². The first kappa shape index (κ1) is 20.9. The number of hydrogen-bond acceptors (Lipinski definition) is 6. The number of aryl methyl sites for hydroxylation is 1. The lowest BCUT2D eigenvalue weighted by atomic mass is 10.2. The van der Waals surface area contributed by atoms with E-state index in [4.69, 9.17) is 0 Å². The van der Waals surface area contributed by atoms with Gasteiger partial charge >= 0.3 is 6.03 Å². The molecule has 170 valence electrons. The molecule has 33 heavy (non-hydrogen) atoms. The molecule has 0 radical (unpaired) electrons. The fraction of sp³-hybridized carbons (Fsp3) is 0.238. The number of carbonyl (C=O) groups excluding carboxylic acids is 1. The van der Waals surface area contributed by atoms with Crippen LogP contribution in [0.3, 0.4) is 0 Å². The molecule has 12 heteroatoms. The third-order valence-electron chi connectivity index (χ3n) is 5.79. The molecule has 0 spiro atoms. The largest absolute Gasteiger partial charge is 0.324 e. The van der Waals surface area contributed by atoms with Gasteiger partial charge in [0.05, 0.1) is 35.5 Å². The van der Waals surface area contributed by atoms with Gasteiger partial charge in [-0.05, 0) is 19.1 Å². The van der Waals surface area contributed by atoms with Gasteiger partial charge in [-0.1, -0.05) is 12.1 Å². The van der Waals surface area contributed by atoms with Gasteiger partial charge < -0.3 is 4.90 Å². The predicted octanol–water partition coefficient (Wildman–Crippen LogP) is 2.22. The van der Waals surface area contributed by atoms with Gasteiger partial charge in [-0.2, -0.15) is 10.2 Å². The number of rotatable bonds is 5. The van der Waals surface area contributed by atoms with E-state index in [-0.39, 0.29) is 17.0 Å². The number of hydrogen-bond donors (Lipinski definition) is 1. The van der Waals surface area contributed by atoms with Gasteiger partial charge in [0.15, 0.2) is 5.82 Å². The fourth-order valence-electron chi connectivity index (χ4n) is 3.85. The molecule has 1 atom stereocenters. The van der Waals surface area contributed by atoms with Gasteiger partial charge in [0, 0.05) is 44.3 Å². The highest BCUT2D eigenvalue weighted by atomic mass is 32.2. The summed E-state index contributed by atoms with van der Waals surface area (Å²) in [6.07, 6.45) is 5.89. The van der Waals surface area contributed by atoms with Crippen LogP contribution >= 0.6 is 0 Å². The fourth-order valence-corrected chi connectivity index (χ4v) is 4.85. The highest BCUT2D eigenvalue weighted by Gasteiger charge is 2.32. The summed E-state index contributed by atoms with van der Waals surface area (Å²) in [6.45, 7) is 2.53. The quantitative estimate of drug-likeness (QED) is 0.482. The second-order valence-electron chi connectivity index (χ2n) is 7.96. The standard InChI is InChI=1S/C21H22N8O3S/c1-14-12-28(21(30)26(14)2)16-7-8-22-19(9-16)29-13-17(11-24-29)33(31,32)25-18-6-4-5-15-10-23-27(3)20(15)18/h4-11,13-14,25H,12H2,1-3H3/t14-/m1/s1. The predicted molar refractivity (Wildman–Crippen MR) is 123 cm³/mol. The molecule has 4 heterocycles. The minimum atomic E-state index is -3.91. The van der Waals surface area contributed by atoms with E-state index in [1.807, 2.05) is 13.0 Å². The number of sulfonamides is 1. The number of para-hydroxylation sites is 1. The van der Waals surface area contributed by atoms with Crippen LogP contribution in [0.1, 0.15) is 6.92 Å². The Morgan fingerprint density at radius 1 is 1.12 bits per heavy atom. The number of carbonyl (C=O) groups is 1. The number of anilines is 2. The molecule has 5 rings (SSSR count). The molecule has 1 aliphatic heterocycles. The number of benzene rings is 1. The number of aromatic nitrogens is 5. The number of nitrogens with zero attached hydrogens (tertiary/aromatic N) is 7. The van der Waals surface area contributed by atoms with Gasteiger partial charge in [-0.3, -0.25) is 14.3 Å². The smallest absolute Gasteiger partial charge is 0.323 e. The summed E-state index contributed by atoms with van der Waals surface area (Å²) in [5.74, 6) is 0.401. The van der Waals surface area contributed by atoms with Crippen molar-refractivity contribution in [3.8, 4) is 5.82 Å². The van der Waals surface area contributed by atoms with Crippen molar-refractivity contribution in [3.05, 3.63) is 55.1 Å². The van der Waals surface area contributed by atoms with Crippen LogP contribution in [0.4, 0.5) is 16.2 Å². The van der Waals surface area contributed by atoms with E-state index >= 15 is 0 Å². The van der Waals surface area contributed by atoms with Crippen LogP contribution in [0.2, 0.25) is 0 Å². The topological polar surface area (TPSA) is 118 Å². The second kappa shape index (κ2) is 7.59. The lowest BCUT2D eigenvalue weighted by Crippen LogP contribution is -2.30. The first-order chi connectivity index (χ1) is 15.7. The first-order valence-electron chi connectivity index (χ1n) is 10.2. The maximum absolute atomic E-state index is 13.0. The minimum absolute atomic E-state index is 0.0144. The Labute approximate surface area is 190 Å².